The van der Waals surface area contributed by atoms with E-state index in [9.17, 15) is 23.1 Å². The number of aromatic nitrogens is 2. The number of halogens is 1. The average molecular weight is 461 g/mol. The first-order valence-electron chi connectivity index (χ1n) is 9.61. The van der Waals surface area contributed by atoms with Crippen molar-refractivity contribution in [2.75, 3.05) is 18.0 Å². The molecule has 0 amide bonds. The Kier molecular flexibility index (Phi) is 5.23. The van der Waals surface area contributed by atoms with Gasteiger partial charge in [-0.1, -0.05) is 0 Å². The third-order valence-corrected chi connectivity index (χ3v) is 6.42. The highest BCUT2D eigenvalue weighted by Crippen LogP contribution is 2.29. The summed E-state index contributed by atoms with van der Waals surface area (Å²) >= 11 is 0. The van der Waals surface area contributed by atoms with Gasteiger partial charge in [-0.25, -0.2) is 27.7 Å². The van der Waals surface area contributed by atoms with Gasteiger partial charge in [-0.15, -0.1) is 0 Å². The van der Waals surface area contributed by atoms with Crippen molar-refractivity contribution in [3.8, 4) is 5.69 Å². The topological polar surface area (TPSA) is 162 Å². The van der Waals surface area contributed by atoms with Gasteiger partial charge >= 0.3 is 5.97 Å². The highest BCUT2D eigenvalue weighted by Gasteiger charge is 2.27. The Morgan fingerprint density at radius 2 is 1.94 bits per heavy atom. The molecule has 0 radical (unpaired) electrons. The Bertz CT molecular complexity index is 1420. The van der Waals surface area contributed by atoms with Gasteiger partial charge in [0.25, 0.3) is 0 Å². The molecule has 0 bridgehead atoms. The molecule has 1 atom stereocenters. The number of hydrogen-bond acceptors (Lipinski definition) is 7. The number of aromatic carboxylic acids is 1. The fourth-order valence-corrected chi connectivity index (χ4v) is 4.33. The molecule has 0 aliphatic carbocycles. The molecule has 1 aliphatic heterocycles. The van der Waals surface area contributed by atoms with Crippen LogP contribution in [0.5, 0.6) is 0 Å². The van der Waals surface area contributed by atoms with Crippen LogP contribution in [0.25, 0.3) is 16.7 Å². The molecule has 1 saturated heterocycles. The molecule has 0 saturated carbocycles. The maximum Gasteiger partial charge on any atom is 0.341 e. The molecule has 12 heteroatoms. The Morgan fingerprint density at radius 1 is 1.28 bits per heavy atom. The number of anilines is 1. The number of hydrogen-bond donors (Lipinski definition) is 3. The fourth-order valence-electron chi connectivity index (χ4n) is 3.81. The van der Waals surface area contributed by atoms with E-state index in [-0.39, 0.29) is 33.4 Å². The van der Waals surface area contributed by atoms with E-state index < -0.39 is 32.8 Å². The molecular formula is C20H20FN5O5S. The van der Waals surface area contributed by atoms with Crippen molar-refractivity contribution in [1.82, 2.24) is 9.55 Å². The lowest BCUT2D eigenvalue weighted by Crippen LogP contribution is -2.28. The van der Waals surface area contributed by atoms with E-state index in [1.165, 1.54) is 35.8 Å². The van der Waals surface area contributed by atoms with Crippen molar-refractivity contribution in [3.05, 3.63) is 57.6 Å². The van der Waals surface area contributed by atoms with E-state index in [4.69, 9.17) is 10.9 Å². The summed E-state index contributed by atoms with van der Waals surface area (Å²) in [6, 6.07) is 5.12. The Labute approximate surface area is 181 Å². The van der Waals surface area contributed by atoms with Crippen LogP contribution in [0.4, 0.5) is 10.2 Å². The molecule has 1 aromatic carbocycles. The number of sulfonamides is 1. The first-order chi connectivity index (χ1) is 15.0. The van der Waals surface area contributed by atoms with Crippen molar-refractivity contribution in [1.29, 1.82) is 0 Å². The SMILES string of the molecule is Cc1c(F)c(N2CC[C@H](N)C2)nc2c1c(=O)c(C(=O)O)cn2-c1ccc(S(N)(=O)=O)cc1. The number of pyridine rings is 2. The number of aryl methyl sites for hydroxylation is 1. The number of nitrogens with two attached hydrogens (primary N) is 2. The summed E-state index contributed by atoms with van der Waals surface area (Å²) in [5, 5.41) is 14.5. The van der Waals surface area contributed by atoms with Gasteiger partial charge in [0.1, 0.15) is 5.56 Å². The highest BCUT2D eigenvalue weighted by atomic mass is 32.2. The predicted octanol–water partition coefficient (Wildman–Crippen LogP) is 0.716. The molecule has 3 aromatic rings. The van der Waals surface area contributed by atoms with E-state index in [0.29, 0.717) is 25.2 Å². The molecular weight excluding hydrogens is 441 g/mol. The minimum atomic E-state index is -3.95. The molecule has 1 fully saturated rings. The van der Waals surface area contributed by atoms with Gasteiger partial charge < -0.3 is 20.3 Å². The van der Waals surface area contributed by atoms with Crippen molar-refractivity contribution >= 4 is 32.8 Å². The van der Waals surface area contributed by atoms with Crippen molar-refractivity contribution in [2.45, 2.75) is 24.3 Å². The van der Waals surface area contributed by atoms with E-state index in [2.05, 4.69) is 4.98 Å². The molecule has 32 heavy (non-hydrogen) atoms. The Balaban J connectivity index is 2.04. The standard InChI is InChI=1S/C20H20FN5O5S/c1-10-15-17(27)14(20(28)29)9-26(12-2-4-13(5-3-12)32(23,30)31)18(15)24-19(16(10)21)25-7-6-11(22)8-25/h2-5,9,11H,6-8,22H2,1H3,(H,28,29)(H2,23,30,31)/t11-/m0/s1. The quantitative estimate of drug-likeness (QED) is 0.512. The third-order valence-electron chi connectivity index (χ3n) is 5.49. The summed E-state index contributed by atoms with van der Waals surface area (Å²) in [5.41, 5.74) is 4.82. The Morgan fingerprint density at radius 3 is 2.47 bits per heavy atom. The zero-order valence-corrected chi connectivity index (χ0v) is 17.8. The van der Waals surface area contributed by atoms with Crippen molar-refractivity contribution in [3.63, 3.8) is 0 Å². The zero-order valence-electron chi connectivity index (χ0n) is 16.9. The maximum absolute atomic E-state index is 15.2. The summed E-state index contributed by atoms with van der Waals surface area (Å²) in [5.74, 6) is -2.19. The largest absolute Gasteiger partial charge is 0.477 e. The zero-order chi connectivity index (χ0) is 23.4. The smallest absolute Gasteiger partial charge is 0.341 e. The number of carbonyl (C=O) groups is 1. The van der Waals surface area contributed by atoms with Gasteiger partial charge in [-0.05, 0) is 37.6 Å². The average Bonchev–Trinajstić information content (AvgIpc) is 3.15. The number of fused-ring (bicyclic) bond motifs is 1. The van der Waals surface area contributed by atoms with Crippen LogP contribution < -0.4 is 21.2 Å². The van der Waals surface area contributed by atoms with E-state index in [1.54, 1.807) is 4.90 Å². The highest BCUT2D eigenvalue weighted by molar-refractivity contribution is 7.89. The van der Waals surface area contributed by atoms with Crippen LogP contribution in [0.3, 0.4) is 0 Å². The first kappa shape index (κ1) is 21.9. The maximum atomic E-state index is 15.2. The number of rotatable bonds is 4. The number of benzene rings is 1. The molecule has 5 N–H and O–H groups in total. The van der Waals surface area contributed by atoms with Crippen LogP contribution in [0.15, 0.2) is 40.2 Å². The predicted molar refractivity (Wildman–Crippen MR) is 115 cm³/mol. The van der Waals surface area contributed by atoms with Crippen molar-refractivity contribution in [2.24, 2.45) is 10.9 Å². The summed E-state index contributed by atoms with van der Waals surface area (Å²) in [6.07, 6.45) is 1.74. The van der Waals surface area contributed by atoms with Gasteiger partial charge in [0, 0.05) is 36.6 Å². The number of carboxylic acid groups (broad SMARTS) is 1. The molecule has 168 valence electrons. The summed E-state index contributed by atoms with van der Waals surface area (Å²) < 4.78 is 39.7. The van der Waals surface area contributed by atoms with Gasteiger partial charge in [-0.3, -0.25) is 4.79 Å². The molecule has 2 aromatic heterocycles. The number of nitrogens with zero attached hydrogens (tertiary/aromatic N) is 3. The minimum Gasteiger partial charge on any atom is -0.477 e. The molecule has 10 nitrogen and oxygen atoms in total. The van der Waals surface area contributed by atoms with E-state index in [1.807, 2.05) is 0 Å². The van der Waals surface area contributed by atoms with Crippen LogP contribution in [-0.4, -0.2) is 48.2 Å². The van der Waals surface area contributed by atoms with Gasteiger partial charge in [0.2, 0.25) is 15.5 Å². The number of carboxylic acids is 1. The third kappa shape index (κ3) is 3.61. The fraction of sp³-hybridized carbons (Fsp3) is 0.250. The second-order valence-electron chi connectivity index (χ2n) is 7.65. The Hall–Kier alpha value is -3.35. The molecule has 0 spiro atoms. The van der Waals surface area contributed by atoms with Crippen LogP contribution in [0.1, 0.15) is 22.3 Å². The van der Waals surface area contributed by atoms with Crippen LogP contribution in [0, 0.1) is 12.7 Å². The van der Waals surface area contributed by atoms with Crippen LogP contribution in [0.2, 0.25) is 0 Å². The first-order valence-corrected chi connectivity index (χ1v) is 11.2. The van der Waals surface area contributed by atoms with E-state index in [0.717, 1.165) is 6.20 Å². The van der Waals surface area contributed by atoms with Gasteiger partial charge in [0.05, 0.1) is 10.3 Å². The van der Waals surface area contributed by atoms with Crippen molar-refractivity contribution < 1.29 is 22.7 Å². The normalized spacial score (nSPS) is 16.6. The monoisotopic (exact) mass is 461 g/mol. The second kappa shape index (κ2) is 7.65. The minimum absolute atomic E-state index is 0.0142. The van der Waals surface area contributed by atoms with Crippen LogP contribution >= 0.6 is 0 Å². The summed E-state index contributed by atoms with van der Waals surface area (Å²) in [7, 11) is -3.95. The van der Waals surface area contributed by atoms with Crippen LogP contribution in [-0.2, 0) is 10.0 Å². The molecule has 3 heterocycles. The molecule has 1 aliphatic rings. The van der Waals surface area contributed by atoms with E-state index >= 15 is 4.39 Å². The lowest BCUT2D eigenvalue weighted by molar-refractivity contribution is 0.0695. The second-order valence-corrected chi connectivity index (χ2v) is 9.22. The van der Waals surface area contributed by atoms with Gasteiger partial charge in [-0.2, -0.15) is 0 Å². The lowest BCUT2D eigenvalue weighted by Gasteiger charge is -2.21. The molecule has 0 unspecified atom stereocenters. The van der Waals surface area contributed by atoms with Gasteiger partial charge in [0.15, 0.2) is 17.3 Å². The lowest BCUT2D eigenvalue weighted by atomic mass is 10.1. The summed E-state index contributed by atoms with van der Waals surface area (Å²) in [4.78, 5) is 30.5. The summed E-state index contributed by atoms with van der Waals surface area (Å²) in [6.45, 7) is 2.26. The number of primary sulfonamides is 1. The molecule has 4 rings (SSSR count).